The lowest BCUT2D eigenvalue weighted by atomic mass is 9.79. The Bertz CT molecular complexity index is 719. The maximum atomic E-state index is 12.8. The molecule has 1 saturated carbocycles. The minimum Gasteiger partial charge on any atom is -0.469 e. The molecule has 1 unspecified atom stereocenters. The van der Waals surface area contributed by atoms with E-state index in [-0.39, 0.29) is 23.8 Å². The highest BCUT2D eigenvalue weighted by Gasteiger charge is 2.28. The summed E-state index contributed by atoms with van der Waals surface area (Å²) in [5.41, 5.74) is 2.11. The van der Waals surface area contributed by atoms with Crippen molar-refractivity contribution >= 4 is 11.9 Å². The van der Waals surface area contributed by atoms with Gasteiger partial charge in [-0.15, -0.1) is 0 Å². The molecule has 2 N–H and O–H groups in total. The van der Waals surface area contributed by atoms with Crippen molar-refractivity contribution in [3.63, 3.8) is 0 Å². The third-order valence-electron chi connectivity index (χ3n) is 7.72. The molecule has 1 amide bonds. The number of hydrogen-bond donors (Lipinski definition) is 2. The van der Waals surface area contributed by atoms with E-state index in [1.165, 1.54) is 44.8 Å². The van der Waals surface area contributed by atoms with Crippen molar-refractivity contribution in [1.82, 2.24) is 10.6 Å². The van der Waals surface area contributed by atoms with E-state index in [9.17, 15) is 9.59 Å². The van der Waals surface area contributed by atoms with Crippen LogP contribution >= 0.6 is 0 Å². The Morgan fingerprint density at radius 3 is 2.33 bits per heavy atom. The topological polar surface area (TPSA) is 67.4 Å². The molecule has 2 fully saturated rings. The maximum Gasteiger partial charge on any atom is 0.308 e. The molecule has 0 bridgehead atoms. The minimum absolute atomic E-state index is 0.0291. The molecule has 3 rings (SSSR count). The van der Waals surface area contributed by atoms with E-state index >= 15 is 0 Å². The van der Waals surface area contributed by atoms with Crippen molar-refractivity contribution in [2.45, 2.75) is 95.9 Å². The molecule has 1 aliphatic heterocycles. The average Bonchev–Trinajstić information content (AvgIpc) is 2.87. The molecule has 0 radical (unpaired) electrons. The van der Waals surface area contributed by atoms with Crippen LogP contribution in [0.4, 0.5) is 0 Å². The first-order chi connectivity index (χ1) is 16.1. The molecule has 1 aliphatic carbocycles. The van der Waals surface area contributed by atoms with Gasteiger partial charge in [0.25, 0.3) is 5.91 Å². The lowest BCUT2D eigenvalue weighted by molar-refractivity contribution is -0.146. The van der Waals surface area contributed by atoms with Crippen LogP contribution in [0.3, 0.4) is 0 Å². The number of carbonyl (C=O) groups excluding carboxylic acids is 2. The number of carbonyl (C=O) groups is 2. The van der Waals surface area contributed by atoms with Gasteiger partial charge in [0, 0.05) is 11.6 Å². The van der Waals surface area contributed by atoms with Crippen LogP contribution in [0.15, 0.2) is 24.3 Å². The second kappa shape index (κ2) is 13.7. The summed E-state index contributed by atoms with van der Waals surface area (Å²) in [7, 11) is 1.51. The first kappa shape index (κ1) is 25.7. The molecule has 2 aliphatic rings. The van der Waals surface area contributed by atoms with Gasteiger partial charge in [0.15, 0.2) is 0 Å². The van der Waals surface area contributed by atoms with E-state index in [0.717, 1.165) is 63.6 Å². The summed E-state index contributed by atoms with van der Waals surface area (Å²) >= 11 is 0. The summed E-state index contributed by atoms with van der Waals surface area (Å²) in [6, 6.07) is 8.47. The van der Waals surface area contributed by atoms with Gasteiger partial charge >= 0.3 is 5.97 Å². The van der Waals surface area contributed by atoms with Crippen LogP contribution in [0.1, 0.15) is 106 Å². The SMILES string of the molecule is CCCCCCC(CC1CCC(NC(=O)c2ccc(C3CCNCC3)cc2)CC1)C(=O)OC. The van der Waals surface area contributed by atoms with E-state index in [1.807, 2.05) is 12.1 Å². The Balaban J connectivity index is 1.42. The first-order valence-corrected chi connectivity index (χ1v) is 13.3. The van der Waals surface area contributed by atoms with Crippen LogP contribution in [0, 0.1) is 11.8 Å². The predicted octanol–water partition coefficient (Wildman–Crippen LogP) is 5.59. The van der Waals surface area contributed by atoms with Gasteiger partial charge in [-0.25, -0.2) is 0 Å². The van der Waals surface area contributed by atoms with Crippen molar-refractivity contribution in [3.8, 4) is 0 Å². The van der Waals surface area contributed by atoms with Crippen LogP contribution in [0.5, 0.6) is 0 Å². The van der Waals surface area contributed by atoms with Crippen LogP contribution < -0.4 is 10.6 Å². The number of nitrogens with one attached hydrogen (secondary N) is 2. The fourth-order valence-electron chi connectivity index (χ4n) is 5.59. The van der Waals surface area contributed by atoms with E-state index in [4.69, 9.17) is 4.74 Å². The Kier molecular flexibility index (Phi) is 10.7. The summed E-state index contributed by atoms with van der Waals surface area (Å²) in [5.74, 6) is 1.19. The van der Waals surface area contributed by atoms with Gasteiger partial charge < -0.3 is 15.4 Å². The van der Waals surface area contributed by atoms with Gasteiger partial charge in [0.2, 0.25) is 0 Å². The van der Waals surface area contributed by atoms with Gasteiger partial charge in [-0.1, -0.05) is 44.7 Å². The number of ether oxygens (including phenoxy) is 1. The fourth-order valence-corrected chi connectivity index (χ4v) is 5.59. The zero-order valence-electron chi connectivity index (χ0n) is 20.7. The summed E-state index contributed by atoms with van der Waals surface area (Å²) < 4.78 is 5.08. The van der Waals surface area contributed by atoms with E-state index < -0.39 is 0 Å². The zero-order valence-corrected chi connectivity index (χ0v) is 20.7. The maximum absolute atomic E-state index is 12.8. The number of rotatable bonds is 11. The highest BCUT2D eigenvalue weighted by molar-refractivity contribution is 5.94. The van der Waals surface area contributed by atoms with Crippen molar-refractivity contribution in [2.24, 2.45) is 11.8 Å². The number of hydrogen-bond acceptors (Lipinski definition) is 4. The first-order valence-electron chi connectivity index (χ1n) is 13.3. The molecule has 184 valence electrons. The summed E-state index contributed by atoms with van der Waals surface area (Å²) in [6.07, 6.45) is 13.1. The smallest absolute Gasteiger partial charge is 0.308 e. The molecule has 1 atom stereocenters. The molecular weight excluding hydrogens is 412 g/mol. The second-order valence-electron chi connectivity index (χ2n) is 10.1. The Morgan fingerprint density at radius 2 is 1.70 bits per heavy atom. The molecular formula is C28H44N2O3. The van der Waals surface area contributed by atoms with Crippen molar-refractivity contribution in [1.29, 1.82) is 0 Å². The Hall–Kier alpha value is -1.88. The van der Waals surface area contributed by atoms with Gasteiger partial charge in [-0.05, 0) is 94.0 Å². The molecule has 1 aromatic rings. The summed E-state index contributed by atoms with van der Waals surface area (Å²) in [5, 5.41) is 6.66. The number of amides is 1. The van der Waals surface area contributed by atoms with Gasteiger partial charge in [0.1, 0.15) is 0 Å². The lowest BCUT2D eigenvalue weighted by Crippen LogP contribution is -2.38. The monoisotopic (exact) mass is 456 g/mol. The van der Waals surface area contributed by atoms with E-state index in [0.29, 0.717) is 11.8 Å². The summed E-state index contributed by atoms with van der Waals surface area (Å²) in [4.78, 5) is 25.0. The quantitative estimate of drug-likeness (QED) is 0.336. The van der Waals surface area contributed by atoms with Crippen LogP contribution in [-0.2, 0) is 9.53 Å². The highest BCUT2D eigenvalue weighted by atomic mass is 16.5. The fraction of sp³-hybridized carbons (Fsp3) is 0.714. The molecule has 1 heterocycles. The van der Waals surface area contributed by atoms with Crippen LogP contribution in [0.2, 0.25) is 0 Å². The number of benzene rings is 1. The van der Waals surface area contributed by atoms with Gasteiger partial charge in [-0.3, -0.25) is 9.59 Å². The molecule has 33 heavy (non-hydrogen) atoms. The third kappa shape index (κ3) is 8.13. The molecule has 5 heteroatoms. The third-order valence-corrected chi connectivity index (χ3v) is 7.72. The molecule has 5 nitrogen and oxygen atoms in total. The predicted molar refractivity (Wildman–Crippen MR) is 133 cm³/mol. The number of methoxy groups -OCH3 is 1. The molecule has 0 aromatic heterocycles. The average molecular weight is 457 g/mol. The van der Waals surface area contributed by atoms with E-state index in [2.05, 4.69) is 29.7 Å². The van der Waals surface area contributed by atoms with Crippen LogP contribution in [0.25, 0.3) is 0 Å². The Labute approximate surface area is 200 Å². The number of unbranched alkanes of at least 4 members (excludes halogenated alkanes) is 3. The van der Waals surface area contributed by atoms with Gasteiger partial charge in [0.05, 0.1) is 13.0 Å². The van der Waals surface area contributed by atoms with Crippen molar-refractivity contribution in [2.75, 3.05) is 20.2 Å². The minimum atomic E-state index is -0.0464. The molecule has 1 aromatic carbocycles. The Morgan fingerprint density at radius 1 is 1.00 bits per heavy atom. The largest absolute Gasteiger partial charge is 0.469 e. The molecule has 0 spiro atoms. The van der Waals surface area contributed by atoms with Crippen molar-refractivity contribution in [3.05, 3.63) is 35.4 Å². The second-order valence-corrected chi connectivity index (χ2v) is 10.1. The number of esters is 1. The van der Waals surface area contributed by atoms with Crippen LogP contribution in [-0.4, -0.2) is 38.1 Å². The number of piperidine rings is 1. The van der Waals surface area contributed by atoms with E-state index in [1.54, 1.807) is 0 Å². The van der Waals surface area contributed by atoms with Gasteiger partial charge in [-0.2, -0.15) is 0 Å². The zero-order chi connectivity index (χ0) is 23.5. The molecule has 1 saturated heterocycles. The normalized spacial score (nSPS) is 22.5. The lowest BCUT2D eigenvalue weighted by Gasteiger charge is -2.31. The standard InChI is InChI=1S/C28H44N2O3/c1-3-4-5-6-7-25(28(32)33-2)20-21-8-14-26(15-9-21)30-27(31)24-12-10-22(11-13-24)23-16-18-29-19-17-23/h10-13,21,23,25-26,29H,3-9,14-20H2,1-2H3,(H,30,31). The highest BCUT2D eigenvalue weighted by Crippen LogP contribution is 2.32. The van der Waals surface area contributed by atoms with Crippen molar-refractivity contribution < 1.29 is 14.3 Å². The summed E-state index contributed by atoms with van der Waals surface area (Å²) in [6.45, 7) is 4.36.